The highest BCUT2D eigenvalue weighted by Gasteiger charge is 2.15. The Morgan fingerprint density at radius 2 is 1.88 bits per heavy atom. The number of oxime groups is 1. The van der Waals surface area contributed by atoms with E-state index in [1.165, 1.54) is 6.20 Å². The van der Waals surface area contributed by atoms with Gasteiger partial charge in [-0.2, -0.15) is 0 Å². The smallest absolute Gasteiger partial charge is 0.192 e. The van der Waals surface area contributed by atoms with Crippen LogP contribution in [0.15, 0.2) is 17.5 Å². The number of amidine groups is 1. The fourth-order valence-electron chi connectivity index (χ4n) is 1.65. The van der Waals surface area contributed by atoms with Crippen LogP contribution >= 0.6 is 0 Å². The summed E-state index contributed by atoms with van der Waals surface area (Å²) in [6.45, 7) is 5.95. The Kier molecular flexibility index (Phi) is 5.19. The largest absolute Gasteiger partial charge is 0.409 e. The third-order valence-corrected chi connectivity index (χ3v) is 2.32. The van der Waals surface area contributed by atoms with Crippen LogP contribution in [0.1, 0.15) is 32.4 Å². The zero-order valence-electron chi connectivity index (χ0n) is 10.3. The summed E-state index contributed by atoms with van der Waals surface area (Å²) in [5.74, 6) is 0.664. The molecular weight excluding hydrogens is 218 g/mol. The third-order valence-electron chi connectivity index (χ3n) is 2.32. The van der Waals surface area contributed by atoms with Gasteiger partial charge in [-0.3, -0.25) is 0 Å². The van der Waals surface area contributed by atoms with Gasteiger partial charge in [0, 0.05) is 25.5 Å². The Morgan fingerprint density at radius 3 is 2.41 bits per heavy atom. The fourth-order valence-corrected chi connectivity index (χ4v) is 1.65. The number of aromatic nitrogens is 2. The molecule has 0 atom stereocenters. The van der Waals surface area contributed by atoms with Gasteiger partial charge in [-0.25, -0.2) is 9.97 Å². The van der Waals surface area contributed by atoms with Crippen molar-refractivity contribution in [2.45, 2.75) is 26.7 Å². The lowest BCUT2D eigenvalue weighted by molar-refractivity contribution is 0.318. The van der Waals surface area contributed by atoms with Gasteiger partial charge in [0.1, 0.15) is 0 Å². The van der Waals surface area contributed by atoms with Crippen LogP contribution in [0, 0.1) is 0 Å². The molecule has 17 heavy (non-hydrogen) atoms. The Labute approximate surface area is 101 Å². The van der Waals surface area contributed by atoms with E-state index in [4.69, 9.17) is 10.9 Å². The summed E-state index contributed by atoms with van der Waals surface area (Å²) < 4.78 is 0. The maximum atomic E-state index is 8.73. The predicted molar refractivity (Wildman–Crippen MR) is 67.3 cm³/mol. The molecule has 0 spiro atoms. The zero-order valence-corrected chi connectivity index (χ0v) is 10.3. The van der Waals surface area contributed by atoms with Crippen molar-refractivity contribution in [3.8, 4) is 0 Å². The van der Waals surface area contributed by atoms with Crippen molar-refractivity contribution in [2.75, 3.05) is 18.0 Å². The highest BCUT2D eigenvalue weighted by atomic mass is 16.4. The number of hydrogen-bond acceptors (Lipinski definition) is 5. The Balaban J connectivity index is 3.08. The molecule has 0 radical (unpaired) electrons. The van der Waals surface area contributed by atoms with Crippen molar-refractivity contribution in [2.24, 2.45) is 10.9 Å². The maximum absolute atomic E-state index is 8.73. The van der Waals surface area contributed by atoms with Crippen molar-refractivity contribution in [3.63, 3.8) is 0 Å². The molecule has 1 aromatic heterocycles. The molecule has 0 bridgehead atoms. The van der Waals surface area contributed by atoms with Gasteiger partial charge in [0.05, 0.1) is 0 Å². The minimum atomic E-state index is -0.00898. The van der Waals surface area contributed by atoms with E-state index >= 15 is 0 Å². The van der Waals surface area contributed by atoms with Gasteiger partial charge in [-0.1, -0.05) is 19.0 Å². The molecule has 0 aliphatic carbocycles. The lowest BCUT2D eigenvalue weighted by Gasteiger charge is -2.23. The molecule has 94 valence electrons. The molecule has 0 fully saturated rings. The summed E-state index contributed by atoms with van der Waals surface area (Å²) in [5, 5.41) is 11.7. The topological polar surface area (TPSA) is 87.6 Å². The Bertz CT molecular complexity index is 374. The van der Waals surface area contributed by atoms with Crippen LogP contribution in [-0.2, 0) is 0 Å². The highest BCUT2D eigenvalue weighted by molar-refractivity contribution is 5.99. The number of nitrogens with two attached hydrogens (primary N) is 1. The van der Waals surface area contributed by atoms with Crippen LogP contribution in [0.5, 0.6) is 0 Å². The molecule has 0 aromatic carbocycles. The Hall–Kier alpha value is -1.85. The molecule has 6 heteroatoms. The number of nitrogens with zero attached hydrogens (tertiary/aromatic N) is 4. The summed E-state index contributed by atoms with van der Waals surface area (Å²) in [6, 6.07) is 0. The molecular formula is C11H19N5O. The molecule has 1 rings (SSSR count). The lowest BCUT2D eigenvalue weighted by Crippen LogP contribution is -2.30. The minimum absolute atomic E-state index is 0.00898. The molecule has 1 aromatic rings. The predicted octanol–water partition coefficient (Wildman–Crippen LogP) is 1.20. The first-order valence-corrected chi connectivity index (χ1v) is 5.78. The van der Waals surface area contributed by atoms with Gasteiger partial charge in [-0.05, 0) is 12.8 Å². The van der Waals surface area contributed by atoms with Gasteiger partial charge < -0.3 is 15.8 Å². The fraction of sp³-hybridized carbons (Fsp3) is 0.545. The van der Waals surface area contributed by atoms with E-state index in [0.717, 1.165) is 25.9 Å². The second-order valence-corrected chi connectivity index (χ2v) is 3.70. The quantitative estimate of drug-likeness (QED) is 0.336. The molecule has 0 saturated carbocycles. The number of hydrogen-bond donors (Lipinski definition) is 2. The van der Waals surface area contributed by atoms with Gasteiger partial charge in [0.2, 0.25) is 0 Å². The summed E-state index contributed by atoms with van der Waals surface area (Å²) >= 11 is 0. The first-order valence-electron chi connectivity index (χ1n) is 5.78. The van der Waals surface area contributed by atoms with Crippen molar-refractivity contribution in [3.05, 3.63) is 18.1 Å². The average Bonchev–Trinajstić information content (AvgIpc) is 2.37. The van der Waals surface area contributed by atoms with Crippen molar-refractivity contribution < 1.29 is 5.21 Å². The van der Waals surface area contributed by atoms with Crippen LogP contribution in [0.4, 0.5) is 5.82 Å². The summed E-state index contributed by atoms with van der Waals surface area (Å²) in [5.41, 5.74) is 6.02. The van der Waals surface area contributed by atoms with Crippen LogP contribution in [0.3, 0.4) is 0 Å². The van der Waals surface area contributed by atoms with Crippen LogP contribution < -0.4 is 10.6 Å². The molecule has 0 unspecified atom stereocenters. The number of anilines is 1. The van der Waals surface area contributed by atoms with Crippen molar-refractivity contribution >= 4 is 11.7 Å². The summed E-state index contributed by atoms with van der Waals surface area (Å²) in [6.07, 6.45) is 5.16. The summed E-state index contributed by atoms with van der Waals surface area (Å²) in [4.78, 5) is 10.5. The lowest BCUT2D eigenvalue weighted by atomic mass is 10.3. The normalized spacial score (nSPS) is 11.5. The van der Waals surface area contributed by atoms with E-state index in [1.807, 2.05) is 0 Å². The molecule has 0 aliphatic heterocycles. The van der Waals surface area contributed by atoms with E-state index in [-0.39, 0.29) is 5.84 Å². The van der Waals surface area contributed by atoms with E-state index in [2.05, 4.69) is 33.9 Å². The van der Waals surface area contributed by atoms with Gasteiger partial charge in [-0.15, -0.1) is 0 Å². The standard InChI is InChI=1S/C11H19N5O/c1-3-7-16(8-4-2)11-9(10(12)15-17)13-5-6-14-11/h5-6,17H,3-4,7-8H2,1-2H3,(H2,12,15). The minimum Gasteiger partial charge on any atom is -0.409 e. The van der Waals surface area contributed by atoms with Gasteiger partial charge in [0.25, 0.3) is 0 Å². The summed E-state index contributed by atoms with van der Waals surface area (Å²) in [7, 11) is 0. The van der Waals surface area contributed by atoms with Crippen LogP contribution in [-0.4, -0.2) is 34.1 Å². The Morgan fingerprint density at radius 1 is 1.29 bits per heavy atom. The number of rotatable bonds is 6. The van der Waals surface area contributed by atoms with Crippen molar-refractivity contribution in [1.82, 2.24) is 9.97 Å². The van der Waals surface area contributed by atoms with Crippen molar-refractivity contribution in [1.29, 1.82) is 0 Å². The molecule has 0 saturated heterocycles. The van der Waals surface area contributed by atoms with E-state index in [9.17, 15) is 0 Å². The van der Waals surface area contributed by atoms with Gasteiger partial charge in [0.15, 0.2) is 17.3 Å². The molecule has 3 N–H and O–H groups in total. The highest BCUT2D eigenvalue weighted by Crippen LogP contribution is 2.15. The molecule has 0 amide bonds. The maximum Gasteiger partial charge on any atom is 0.192 e. The van der Waals surface area contributed by atoms with E-state index in [1.54, 1.807) is 6.20 Å². The monoisotopic (exact) mass is 237 g/mol. The van der Waals surface area contributed by atoms with Gasteiger partial charge >= 0.3 is 0 Å². The SMILES string of the molecule is CCCN(CCC)c1nccnc1/C(N)=N\O. The zero-order chi connectivity index (χ0) is 12.7. The van der Waals surface area contributed by atoms with E-state index < -0.39 is 0 Å². The van der Waals surface area contributed by atoms with E-state index in [0.29, 0.717) is 11.5 Å². The van der Waals surface area contributed by atoms with Crippen LogP contribution in [0.2, 0.25) is 0 Å². The molecule has 0 aliphatic rings. The van der Waals surface area contributed by atoms with Crippen LogP contribution in [0.25, 0.3) is 0 Å². The first-order chi connectivity index (χ1) is 8.24. The second kappa shape index (κ2) is 6.67. The second-order valence-electron chi connectivity index (χ2n) is 3.70. The average molecular weight is 237 g/mol. The third kappa shape index (κ3) is 3.30. The molecule has 6 nitrogen and oxygen atoms in total. The molecule has 1 heterocycles. The first kappa shape index (κ1) is 13.2.